The van der Waals surface area contributed by atoms with Crippen molar-refractivity contribution in [3.63, 3.8) is 0 Å². The quantitative estimate of drug-likeness (QED) is 0.765. The molecule has 5 nitrogen and oxygen atoms in total. The summed E-state index contributed by atoms with van der Waals surface area (Å²) in [6, 6.07) is 5.85. The summed E-state index contributed by atoms with van der Waals surface area (Å²) in [6.45, 7) is 0.275. The average Bonchev–Trinajstić information content (AvgIpc) is 2.98. The van der Waals surface area contributed by atoms with Gasteiger partial charge in [-0.15, -0.1) is 0 Å². The summed E-state index contributed by atoms with van der Waals surface area (Å²) in [5.41, 5.74) is 0. The smallest absolute Gasteiger partial charge is 0.246 e. The number of benzene rings is 1. The molecule has 1 aliphatic rings. The number of aromatic nitrogens is 1. The number of sulfonamides is 1. The van der Waals surface area contributed by atoms with Crippen LogP contribution in [0.1, 0.15) is 6.42 Å². The van der Waals surface area contributed by atoms with Crippen molar-refractivity contribution in [3.8, 4) is 5.88 Å². The molecule has 1 aromatic heterocycles. The summed E-state index contributed by atoms with van der Waals surface area (Å²) in [4.78, 5) is 3.54. The van der Waals surface area contributed by atoms with E-state index in [2.05, 4.69) is 20.9 Å². The maximum atomic E-state index is 13.8. The molecule has 9 heteroatoms. The molecule has 0 aliphatic carbocycles. The molecule has 0 spiro atoms. The van der Waals surface area contributed by atoms with Crippen LogP contribution in [0.15, 0.2) is 45.9 Å². The first-order valence-electron chi connectivity index (χ1n) is 7.09. The Bertz CT molecular complexity index is 846. The second-order valence-corrected chi connectivity index (χ2v) is 8.10. The number of halogens is 3. The molecule has 1 saturated heterocycles. The largest absolute Gasteiger partial charge is 0.473 e. The van der Waals surface area contributed by atoms with Crippen molar-refractivity contribution < 1.29 is 21.9 Å². The zero-order valence-electron chi connectivity index (χ0n) is 12.3. The first-order chi connectivity index (χ1) is 11.4. The van der Waals surface area contributed by atoms with Gasteiger partial charge in [0.05, 0.1) is 6.54 Å². The highest BCUT2D eigenvalue weighted by molar-refractivity contribution is 9.10. The number of rotatable bonds is 4. The summed E-state index contributed by atoms with van der Waals surface area (Å²) in [6.07, 6.45) is 1.66. The van der Waals surface area contributed by atoms with E-state index in [9.17, 15) is 17.2 Å². The van der Waals surface area contributed by atoms with Gasteiger partial charge in [0.25, 0.3) is 0 Å². The van der Waals surface area contributed by atoms with Gasteiger partial charge in [-0.25, -0.2) is 22.2 Å². The summed E-state index contributed by atoms with van der Waals surface area (Å²) < 4.78 is 59.3. The van der Waals surface area contributed by atoms with Gasteiger partial charge in [0, 0.05) is 29.3 Å². The summed E-state index contributed by atoms with van der Waals surface area (Å²) in [5, 5.41) is 0. The fraction of sp³-hybridized carbons (Fsp3) is 0.267. The Morgan fingerprint density at radius 2 is 2.04 bits per heavy atom. The fourth-order valence-corrected chi connectivity index (χ4v) is 4.20. The van der Waals surface area contributed by atoms with Crippen molar-refractivity contribution in [2.45, 2.75) is 17.4 Å². The molecule has 24 heavy (non-hydrogen) atoms. The van der Waals surface area contributed by atoms with Crippen LogP contribution in [0.4, 0.5) is 8.78 Å². The van der Waals surface area contributed by atoms with Crippen molar-refractivity contribution in [1.82, 2.24) is 9.29 Å². The topological polar surface area (TPSA) is 59.5 Å². The van der Waals surface area contributed by atoms with Crippen LogP contribution in [0, 0.1) is 11.6 Å². The Hall–Kier alpha value is -1.58. The van der Waals surface area contributed by atoms with E-state index < -0.39 is 26.6 Å². The molecule has 2 aromatic rings. The van der Waals surface area contributed by atoms with Crippen molar-refractivity contribution in [3.05, 3.63) is 52.6 Å². The number of ether oxygens (including phenoxy) is 1. The Kier molecular flexibility index (Phi) is 4.84. The minimum atomic E-state index is -4.03. The van der Waals surface area contributed by atoms with Gasteiger partial charge in [0.2, 0.25) is 15.9 Å². The van der Waals surface area contributed by atoms with Crippen molar-refractivity contribution in [2.75, 3.05) is 13.1 Å². The molecule has 1 aromatic carbocycles. The molecular weight excluding hydrogens is 406 g/mol. The second kappa shape index (κ2) is 6.73. The molecule has 1 aliphatic heterocycles. The lowest BCUT2D eigenvalue weighted by Crippen LogP contribution is -2.31. The Morgan fingerprint density at radius 1 is 1.25 bits per heavy atom. The first kappa shape index (κ1) is 17.2. The molecule has 1 atom stereocenters. The van der Waals surface area contributed by atoms with Gasteiger partial charge in [-0.1, -0.05) is 0 Å². The Balaban J connectivity index is 1.73. The molecule has 128 valence electrons. The predicted molar refractivity (Wildman–Crippen MR) is 86.1 cm³/mol. The number of hydrogen-bond donors (Lipinski definition) is 0. The van der Waals surface area contributed by atoms with Gasteiger partial charge in [-0.3, -0.25) is 0 Å². The minimum absolute atomic E-state index is 0.0803. The van der Waals surface area contributed by atoms with Gasteiger partial charge in [0.15, 0.2) is 0 Å². The van der Waals surface area contributed by atoms with Crippen molar-refractivity contribution >= 4 is 26.0 Å². The number of nitrogens with zero attached hydrogens (tertiary/aromatic N) is 2. The standard InChI is InChI=1S/C15H13BrF2N2O3S/c16-10-1-4-15(19-8-10)23-12-5-6-20(9-12)24(21,22)14-3-2-11(17)7-13(14)18/h1-4,7-8,12H,5-6,9H2. The van der Waals surface area contributed by atoms with Gasteiger partial charge in [0.1, 0.15) is 22.6 Å². The lowest BCUT2D eigenvalue weighted by Gasteiger charge is -2.17. The highest BCUT2D eigenvalue weighted by atomic mass is 79.9. The van der Waals surface area contributed by atoms with Crippen LogP contribution in [-0.4, -0.2) is 36.9 Å². The zero-order valence-corrected chi connectivity index (χ0v) is 14.7. The molecule has 1 unspecified atom stereocenters. The predicted octanol–water partition coefficient (Wildman–Crippen LogP) is 2.96. The van der Waals surface area contributed by atoms with E-state index in [1.54, 1.807) is 18.3 Å². The SMILES string of the molecule is O=S(=O)(c1ccc(F)cc1F)N1CCC(Oc2ccc(Br)cn2)C1. The molecule has 0 bridgehead atoms. The van der Waals surface area contributed by atoms with Crippen LogP contribution in [0.3, 0.4) is 0 Å². The van der Waals surface area contributed by atoms with E-state index in [0.29, 0.717) is 18.4 Å². The monoisotopic (exact) mass is 418 g/mol. The van der Waals surface area contributed by atoms with Gasteiger partial charge in [-0.05, 0) is 40.5 Å². The third-order valence-electron chi connectivity index (χ3n) is 3.61. The molecule has 2 heterocycles. The fourth-order valence-electron chi connectivity index (χ4n) is 2.44. The van der Waals surface area contributed by atoms with E-state index >= 15 is 0 Å². The van der Waals surface area contributed by atoms with Crippen molar-refractivity contribution in [2.24, 2.45) is 0 Å². The maximum absolute atomic E-state index is 13.8. The molecule has 0 radical (unpaired) electrons. The van der Waals surface area contributed by atoms with E-state index in [1.165, 1.54) is 0 Å². The van der Waals surface area contributed by atoms with E-state index in [4.69, 9.17) is 4.74 Å². The van der Waals surface area contributed by atoms with Gasteiger partial charge < -0.3 is 4.74 Å². The lowest BCUT2D eigenvalue weighted by atomic mass is 10.3. The van der Waals surface area contributed by atoms with Crippen LogP contribution >= 0.6 is 15.9 Å². The number of hydrogen-bond acceptors (Lipinski definition) is 4. The molecule has 0 saturated carbocycles. The third kappa shape index (κ3) is 3.57. The Labute approximate surface area is 146 Å². The molecule has 3 rings (SSSR count). The van der Waals surface area contributed by atoms with Crippen LogP contribution in [0.5, 0.6) is 5.88 Å². The highest BCUT2D eigenvalue weighted by Crippen LogP contribution is 2.25. The zero-order chi connectivity index (χ0) is 17.3. The molecule has 0 amide bonds. The lowest BCUT2D eigenvalue weighted by molar-refractivity contribution is 0.207. The summed E-state index contributed by atoms with van der Waals surface area (Å²) in [7, 11) is -4.03. The average molecular weight is 419 g/mol. The van der Waals surface area contributed by atoms with Gasteiger partial charge in [-0.2, -0.15) is 4.31 Å². The normalized spacial score (nSPS) is 18.7. The van der Waals surface area contributed by atoms with Crippen LogP contribution < -0.4 is 4.74 Å². The number of pyridine rings is 1. The minimum Gasteiger partial charge on any atom is -0.473 e. The molecule has 1 fully saturated rings. The first-order valence-corrected chi connectivity index (χ1v) is 9.33. The Morgan fingerprint density at radius 3 is 2.71 bits per heavy atom. The second-order valence-electron chi connectivity index (χ2n) is 5.28. The van der Waals surface area contributed by atoms with E-state index in [1.807, 2.05) is 0 Å². The van der Waals surface area contributed by atoms with Gasteiger partial charge >= 0.3 is 0 Å². The third-order valence-corrected chi connectivity index (χ3v) is 5.97. The molecule has 0 N–H and O–H groups in total. The molecular formula is C15H13BrF2N2O3S. The maximum Gasteiger partial charge on any atom is 0.246 e. The summed E-state index contributed by atoms with van der Waals surface area (Å²) in [5.74, 6) is -1.54. The van der Waals surface area contributed by atoms with E-state index in [-0.39, 0.29) is 19.2 Å². The summed E-state index contributed by atoms with van der Waals surface area (Å²) >= 11 is 3.26. The van der Waals surface area contributed by atoms with Crippen LogP contribution in [0.25, 0.3) is 0 Å². The van der Waals surface area contributed by atoms with Crippen molar-refractivity contribution in [1.29, 1.82) is 0 Å². The van der Waals surface area contributed by atoms with E-state index in [0.717, 1.165) is 20.9 Å². The van der Waals surface area contributed by atoms with Crippen LogP contribution in [-0.2, 0) is 10.0 Å². The van der Waals surface area contributed by atoms with Crippen LogP contribution in [0.2, 0.25) is 0 Å². The highest BCUT2D eigenvalue weighted by Gasteiger charge is 2.35.